The average Bonchev–Trinajstić information content (AvgIpc) is 3.42. The summed E-state index contributed by atoms with van der Waals surface area (Å²) in [5, 5.41) is 3.11. The van der Waals surface area contributed by atoms with Gasteiger partial charge in [0.15, 0.2) is 5.78 Å². The van der Waals surface area contributed by atoms with Crippen molar-refractivity contribution in [2.24, 2.45) is 17.8 Å². The minimum absolute atomic E-state index is 0.0527. The molecule has 6 nitrogen and oxygen atoms in total. The Kier molecular flexibility index (Phi) is 8.41. The Labute approximate surface area is 204 Å². The van der Waals surface area contributed by atoms with Crippen molar-refractivity contribution in [2.75, 3.05) is 26.7 Å². The Morgan fingerprint density at radius 2 is 1.82 bits per heavy atom. The number of carbonyl (C=O) groups excluding carboxylic acids is 3. The van der Waals surface area contributed by atoms with Gasteiger partial charge in [-0.15, -0.1) is 0 Å². The first kappa shape index (κ1) is 24.9. The number of Topliss-reactive ketones (excluding diaryl/α,β-unsaturated/α-hetero) is 1. The molecule has 1 N–H and O–H groups in total. The number of likely N-dealkylation sites (N-methyl/N-ethyl adjacent to an activating group) is 1. The van der Waals surface area contributed by atoms with Gasteiger partial charge in [-0.05, 0) is 50.6 Å². The average molecular weight is 468 g/mol. The number of benzene rings is 1. The van der Waals surface area contributed by atoms with Gasteiger partial charge in [0, 0.05) is 37.9 Å². The number of hydrogen-bond acceptors (Lipinski definition) is 4. The van der Waals surface area contributed by atoms with Crippen LogP contribution in [0.2, 0.25) is 0 Å². The molecule has 2 amide bonds. The minimum atomic E-state index is -0.337. The second kappa shape index (κ2) is 11.5. The summed E-state index contributed by atoms with van der Waals surface area (Å²) in [6.07, 6.45) is 8.23. The van der Waals surface area contributed by atoms with Crippen LogP contribution in [-0.4, -0.2) is 66.2 Å². The van der Waals surface area contributed by atoms with Crippen molar-refractivity contribution < 1.29 is 14.4 Å². The summed E-state index contributed by atoms with van der Waals surface area (Å²) in [6.45, 7) is 4.09. The van der Waals surface area contributed by atoms with Crippen LogP contribution in [0.4, 0.5) is 0 Å². The number of ketones is 1. The molecule has 1 saturated carbocycles. The quantitative estimate of drug-likeness (QED) is 0.572. The Balaban J connectivity index is 1.45. The molecule has 186 valence electrons. The van der Waals surface area contributed by atoms with Crippen LogP contribution < -0.4 is 5.32 Å². The van der Waals surface area contributed by atoms with Crippen LogP contribution >= 0.6 is 0 Å². The molecular formula is C28H41N3O3. The van der Waals surface area contributed by atoms with Crippen molar-refractivity contribution >= 4 is 17.6 Å². The minimum Gasteiger partial charge on any atom is -0.340 e. The van der Waals surface area contributed by atoms with E-state index in [0.717, 1.165) is 51.5 Å². The molecule has 0 spiro atoms. The lowest BCUT2D eigenvalue weighted by Gasteiger charge is -2.34. The van der Waals surface area contributed by atoms with Gasteiger partial charge >= 0.3 is 0 Å². The second-order valence-electron chi connectivity index (χ2n) is 10.5. The lowest BCUT2D eigenvalue weighted by molar-refractivity contribution is -0.146. The molecule has 1 aromatic rings. The van der Waals surface area contributed by atoms with E-state index in [-0.39, 0.29) is 47.4 Å². The maximum Gasteiger partial charge on any atom is 0.245 e. The molecule has 0 radical (unpaired) electrons. The van der Waals surface area contributed by atoms with Crippen molar-refractivity contribution in [3.8, 4) is 0 Å². The maximum atomic E-state index is 13.9. The van der Waals surface area contributed by atoms with Gasteiger partial charge in [-0.25, -0.2) is 0 Å². The van der Waals surface area contributed by atoms with E-state index in [4.69, 9.17) is 0 Å². The lowest BCUT2D eigenvalue weighted by atomic mass is 9.76. The molecule has 6 heteroatoms. The molecule has 4 atom stereocenters. The van der Waals surface area contributed by atoms with Crippen molar-refractivity contribution in [2.45, 2.75) is 76.8 Å². The van der Waals surface area contributed by atoms with Gasteiger partial charge in [0.1, 0.15) is 6.04 Å². The van der Waals surface area contributed by atoms with E-state index < -0.39 is 0 Å². The monoisotopic (exact) mass is 467 g/mol. The Morgan fingerprint density at radius 3 is 2.50 bits per heavy atom. The Morgan fingerprint density at radius 1 is 1.09 bits per heavy atom. The fourth-order valence-corrected chi connectivity index (χ4v) is 6.46. The topological polar surface area (TPSA) is 69.7 Å². The highest BCUT2D eigenvalue weighted by atomic mass is 16.2. The summed E-state index contributed by atoms with van der Waals surface area (Å²) >= 11 is 0. The van der Waals surface area contributed by atoms with Crippen LogP contribution in [0.1, 0.15) is 63.9 Å². The number of fused-ring (bicyclic) bond motifs is 1. The van der Waals surface area contributed by atoms with Crippen LogP contribution in [0.3, 0.4) is 0 Å². The number of nitrogens with one attached hydrogen (secondary N) is 1. The zero-order valence-electron chi connectivity index (χ0n) is 20.9. The highest BCUT2D eigenvalue weighted by Gasteiger charge is 2.50. The van der Waals surface area contributed by atoms with E-state index in [1.54, 1.807) is 0 Å². The number of amides is 2. The molecule has 0 unspecified atom stereocenters. The summed E-state index contributed by atoms with van der Waals surface area (Å²) in [6, 6.07) is 9.71. The number of hydrogen-bond donors (Lipinski definition) is 1. The molecule has 1 aliphatic carbocycles. The first-order valence-electron chi connectivity index (χ1n) is 13.4. The molecule has 34 heavy (non-hydrogen) atoms. The SMILES string of the molecule is CC[C@H](NC)C(=O)C[C@@H](C(=O)N1CC[C@H]2CN(CCc3ccccc3)C(=O)[C@H]21)C1CCCCC1. The number of rotatable bonds is 10. The van der Waals surface area contributed by atoms with Gasteiger partial charge in [-0.1, -0.05) is 56.5 Å². The van der Waals surface area contributed by atoms with Crippen molar-refractivity contribution in [1.29, 1.82) is 0 Å². The summed E-state index contributed by atoms with van der Waals surface area (Å²) in [5.41, 5.74) is 1.23. The van der Waals surface area contributed by atoms with Crippen molar-refractivity contribution in [1.82, 2.24) is 15.1 Å². The van der Waals surface area contributed by atoms with E-state index >= 15 is 0 Å². The Hall–Kier alpha value is -2.21. The van der Waals surface area contributed by atoms with Gasteiger partial charge in [0.05, 0.1) is 6.04 Å². The van der Waals surface area contributed by atoms with E-state index in [0.29, 0.717) is 19.5 Å². The first-order valence-corrected chi connectivity index (χ1v) is 13.4. The van der Waals surface area contributed by atoms with Gasteiger partial charge in [0.25, 0.3) is 0 Å². The highest BCUT2D eigenvalue weighted by molar-refractivity contribution is 5.94. The van der Waals surface area contributed by atoms with E-state index in [9.17, 15) is 14.4 Å². The van der Waals surface area contributed by atoms with Crippen molar-refractivity contribution in [3.63, 3.8) is 0 Å². The van der Waals surface area contributed by atoms with Crippen LogP contribution in [0, 0.1) is 17.8 Å². The zero-order valence-corrected chi connectivity index (χ0v) is 20.9. The zero-order chi connectivity index (χ0) is 24.1. The highest BCUT2D eigenvalue weighted by Crippen LogP contribution is 2.38. The van der Waals surface area contributed by atoms with E-state index in [1.807, 2.05) is 42.0 Å². The van der Waals surface area contributed by atoms with Crippen molar-refractivity contribution in [3.05, 3.63) is 35.9 Å². The first-order chi connectivity index (χ1) is 16.5. The normalized spacial score (nSPS) is 24.8. The fraction of sp³-hybridized carbons (Fsp3) is 0.679. The molecule has 4 rings (SSSR count). The predicted molar refractivity (Wildman–Crippen MR) is 133 cm³/mol. The standard InChI is InChI=1S/C28H41N3O3/c1-3-24(29-2)25(32)18-23(21-12-8-5-9-13-21)27(33)31-17-15-22-19-30(28(34)26(22)31)16-14-20-10-6-4-7-11-20/h4,6-7,10-11,21-24,26,29H,3,5,8-9,12-19H2,1-2H3/t22-,23+,24-,26-/m0/s1. The van der Waals surface area contributed by atoms with Gasteiger partial charge in [-0.2, -0.15) is 0 Å². The summed E-state index contributed by atoms with van der Waals surface area (Å²) in [5.74, 6) is 0.464. The maximum absolute atomic E-state index is 13.9. The third kappa shape index (κ3) is 5.37. The molecule has 0 bridgehead atoms. The van der Waals surface area contributed by atoms with Crippen LogP contribution in [-0.2, 0) is 20.8 Å². The number of nitrogens with zero attached hydrogens (tertiary/aromatic N) is 2. The smallest absolute Gasteiger partial charge is 0.245 e. The third-order valence-electron chi connectivity index (χ3n) is 8.44. The fourth-order valence-electron chi connectivity index (χ4n) is 6.46. The largest absolute Gasteiger partial charge is 0.340 e. The molecule has 0 aromatic heterocycles. The molecule has 2 saturated heterocycles. The van der Waals surface area contributed by atoms with Crippen LogP contribution in [0.5, 0.6) is 0 Å². The van der Waals surface area contributed by atoms with E-state index in [2.05, 4.69) is 17.4 Å². The van der Waals surface area contributed by atoms with Gasteiger partial charge in [0.2, 0.25) is 11.8 Å². The summed E-state index contributed by atoms with van der Waals surface area (Å²) in [7, 11) is 1.82. The lowest BCUT2D eigenvalue weighted by Crippen LogP contribution is -2.48. The molecule has 2 aliphatic heterocycles. The summed E-state index contributed by atoms with van der Waals surface area (Å²) in [4.78, 5) is 44.2. The number of carbonyl (C=O) groups is 3. The molecular weight excluding hydrogens is 426 g/mol. The van der Waals surface area contributed by atoms with Crippen LogP contribution in [0.25, 0.3) is 0 Å². The second-order valence-corrected chi connectivity index (χ2v) is 10.5. The Bertz CT molecular complexity index is 848. The van der Waals surface area contributed by atoms with Gasteiger partial charge < -0.3 is 15.1 Å². The third-order valence-corrected chi connectivity index (χ3v) is 8.44. The molecule has 2 heterocycles. The molecule has 1 aromatic carbocycles. The number of likely N-dealkylation sites (tertiary alicyclic amines) is 2. The van der Waals surface area contributed by atoms with E-state index in [1.165, 1.54) is 12.0 Å². The van der Waals surface area contributed by atoms with Gasteiger partial charge in [-0.3, -0.25) is 14.4 Å². The summed E-state index contributed by atoms with van der Waals surface area (Å²) < 4.78 is 0. The van der Waals surface area contributed by atoms with Crippen LogP contribution in [0.15, 0.2) is 30.3 Å². The molecule has 3 fully saturated rings. The predicted octanol–water partition coefficient (Wildman–Crippen LogP) is 3.44. The molecule has 3 aliphatic rings.